The number of aliphatic carboxylic acids is 1. The van der Waals surface area contributed by atoms with Gasteiger partial charge < -0.3 is 10.4 Å². The Labute approximate surface area is 110 Å². The smallest absolute Gasteiger partial charge is 0.330 e. The fraction of sp³-hybridized carbons (Fsp3) is 0.417. The van der Waals surface area contributed by atoms with Crippen molar-refractivity contribution in [1.29, 1.82) is 0 Å². The Balaban J connectivity index is 2.19. The molecule has 92 valence electrons. The van der Waals surface area contributed by atoms with Crippen molar-refractivity contribution in [2.24, 2.45) is 0 Å². The SMILES string of the molecule is CC1CC(Nc2ccc(Cl)cc2)(C(=O)O)CS1. The summed E-state index contributed by atoms with van der Waals surface area (Å²) >= 11 is 7.49. The van der Waals surface area contributed by atoms with Crippen LogP contribution in [0.2, 0.25) is 5.02 Å². The van der Waals surface area contributed by atoms with Gasteiger partial charge in [0, 0.05) is 21.7 Å². The molecule has 2 atom stereocenters. The molecule has 2 rings (SSSR count). The van der Waals surface area contributed by atoms with E-state index in [-0.39, 0.29) is 0 Å². The first kappa shape index (κ1) is 12.6. The molecule has 1 saturated heterocycles. The highest BCUT2D eigenvalue weighted by Gasteiger charge is 2.44. The molecule has 2 N–H and O–H groups in total. The molecule has 0 spiro atoms. The Bertz CT molecular complexity index is 423. The molecule has 0 aromatic heterocycles. The zero-order valence-electron chi connectivity index (χ0n) is 9.44. The summed E-state index contributed by atoms with van der Waals surface area (Å²) in [6.07, 6.45) is 0.635. The fourth-order valence-electron chi connectivity index (χ4n) is 1.99. The topological polar surface area (TPSA) is 49.3 Å². The first-order valence-electron chi connectivity index (χ1n) is 5.41. The Hall–Kier alpha value is -0.870. The molecule has 5 heteroatoms. The van der Waals surface area contributed by atoms with E-state index in [2.05, 4.69) is 12.2 Å². The third-order valence-corrected chi connectivity index (χ3v) is 4.53. The first-order chi connectivity index (χ1) is 8.02. The van der Waals surface area contributed by atoms with Crippen LogP contribution in [0.4, 0.5) is 5.69 Å². The number of carboxylic acid groups (broad SMARTS) is 1. The highest BCUT2D eigenvalue weighted by atomic mass is 35.5. The number of rotatable bonds is 3. The second-order valence-corrected chi connectivity index (χ2v) is 6.21. The number of anilines is 1. The normalized spacial score (nSPS) is 28.0. The predicted molar refractivity (Wildman–Crippen MR) is 72.0 cm³/mol. The van der Waals surface area contributed by atoms with Crippen LogP contribution in [0.5, 0.6) is 0 Å². The summed E-state index contributed by atoms with van der Waals surface area (Å²) in [5.41, 5.74) is -0.0516. The number of thioether (sulfide) groups is 1. The molecule has 3 nitrogen and oxygen atoms in total. The number of carbonyl (C=O) groups is 1. The molecule has 0 aliphatic carbocycles. The van der Waals surface area contributed by atoms with Crippen LogP contribution in [0, 0.1) is 0 Å². The third kappa shape index (κ3) is 2.69. The average molecular weight is 272 g/mol. The maximum Gasteiger partial charge on any atom is 0.330 e. The molecule has 2 unspecified atom stereocenters. The molecule has 1 aromatic rings. The molecular formula is C12H14ClNO2S. The Kier molecular flexibility index (Phi) is 3.54. The van der Waals surface area contributed by atoms with Crippen molar-refractivity contribution in [3.05, 3.63) is 29.3 Å². The number of benzene rings is 1. The summed E-state index contributed by atoms with van der Waals surface area (Å²) in [5.74, 6) is -0.198. The molecule has 0 amide bonds. The summed E-state index contributed by atoms with van der Waals surface area (Å²) in [6, 6.07) is 7.12. The van der Waals surface area contributed by atoms with Crippen LogP contribution in [0.1, 0.15) is 13.3 Å². The van der Waals surface area contributed by atoms with Gasteiger partial charge in [-0.1, -0.05) is 18.5 Å². The molecular weight excluding hydrogens is 258 g/mol. The van der Waals surface area contributed by atoms with Crippen molar-refractivity contribution < 1.29 is 9.90 Å². The molecule has 0 bridgehead atoms. The van der Waals surface area contributed by atoms with Crippen LogP contribution in [-0.2, 0) is 4.79 Å². The van der Waals surface area contributed by atoms with E-state index in [1.807, 2.05) is 0 Å². The lowest BCUT2D eigenvalue weighted by molar-refractivity contribution is -0.141. The van der Waals surface area contributed by atoms with Gasteiger partial charge in [0.25, 0.3) is 0 Å². The van der Waals surface area contributed by atoms with E-state index in [1.54, 1.807) is 36.0 Å². The Morgan fingerprint density at radius 1 is 1.53 bits per heavy atom. The van der Waals surface area contributed by atoms with Crippen LogP contribution in [-0.4, -0.2) is 27.6 Å². The van der Waals surface area contributed by atoms with Gasteiger partial charge in [-0.3, -0.25) is 0 Å². The lowest BCUT2D eigenvalue weighted by Crippen LogP contribution is -2.46. The van der Waals surface area contributed by atoms with Crippen molar-refractivity contribution in [2.45, 2.75) is 24.1 Å². The maximum absolute atomic E-state index is 11.4. The maximum atomic E-state index is 11.4. The minimum Gasteiger partial charge on any atom is -0.479 e. The molecule has 0 radical (unpaired) electrons. The summed E-state index contributed by atoms with van der Waals surface area (Å²) in [6.45, 7) is 2.05. The predicted octanol–water partition coefficient (Wildman–Crippen LogP) is 3.10. The zero-order chi connectivity index (χ0) is 12.5. The molecule has 1 aliphatic rings. The van der Waals surface area contributed by atoms with Gasteiger partial charge in [0.1, 0.15) is 5.54 Å². The van der Waals surface area contributed by atoms with Crippen molar-refractivity contribution in [2.75, 3.05) is 11.1 Å². The summed E-state index contributed by atoms with van der Waals surface area (Å²) in [4.78, 5) is 11.4. The fourth-order valence-corrected chi connectivity index (χ4v) is 3.40. The van der Waals surface area contributed by atoms with Gasteiger partial charge in [0.2, 0.25) is 0 Å². The van der Waals surface area contributed by atoms with Gasteiger partial charge in [0.15, 0.2) is 0 Å². The average Bonchev–Trinajstić information content (AvgIpc) is 2.65. The minimum absolute atomic E-state index is 0.367. The van der Waals surface area contributed by atoms with E-state index >= 15 is 0 Å². The van der Waals surface area contributed by atoms with Gasteiger partial charge in [-0.15, -0.1) is 0 Å². The second kappa shape index (κ2) is 4.78. The molecule has 0 saturated carbocycles. The Morgan fingerprint density at radius 3 is 2.65 bits per heavy atom. The third-order valence-electron chi connectivity index (χ3n) is 2.89. The highest BCUT2D eigenvalue weighted by Crippen LogP contribution is 2.37. The van der Waals surface area contributed by atoms with E-state index < -0.39 is 11.5 Å². The quantitative estimate of drug-likeness (QED) is 0.887. The van der Waals surface area contributed by atoms with Crippen LogP contribution < -0.4 is 5.32 Å². The summed E-state index contributed by atoms with van der Waals surface area (Å²) < 4.78 is 0. The van der Waals surface area contributed by atoms with Gasteiger partial charge in [-0.2, -0.15) is 11.8 Å². The van der Waals surface area contributed by atoms with E-state index in [0.29, 0.717) is 22.4 Å². The van der Waals surface area contributed by atoms with E-state index in [0.717, 1.165) is 5.69 Å². The molecule has 1 aromatic carbocycles. The van der Waals surface area contributed by atoms with Crippen LogP contribution in [0.3, 0.4) is 0 Å². The molecule has 1 heterocycles. The first-order valence-corrected chi connectivity index (χ1v) is 6.83. The Morgan fingerprint density at radius 2 is 2.18 bits per heavy atom. The largest absolute Gasteiger partial charge is 0.479 e. The van der Waals surface area contributed by atoms with Gasteiger partial charge in [0.05, 0.1) is 0 Å². The monoisotopic (exact) mass is 271 g/mol. The van der Waals surface area contributed by atoms with Crippen molar-refractivity contribution >= 4 is 35.0 Å². The van der Waals surface area contributed by atoms with Crippen molar-refractivity contribution in [1.82, 2.24) is 0 Å². The standard InChI is InChI=1S/C12H14ClNO2S/c1-8-6-12(7-17-8,11(15)16)14-10-4-2-9(13)3-5-10/h2-5,8,14H,6-7H2,1H3,(H,15,16). The molecule has 1 aliphatic heterocycles. The highest BCUT2D eigenvalue weighted by molar-refractivity contribution is 8.00. The van der Waals surface area contributed by atoms with E-state index in [4.69, 9.17) is 11.6 Å². The van der Waals surface area contributed by atoms with Crippen LogP contribution >= 0.6 is 23.4 Å². The summed E-state index contributed by atoms with van der Waals surface area (Å²) in [7, 11) is 0. The lowest BCUT2D eigenvalue weighted by Gasteiger charge is -2.26. The number of halogens is 1. The number of carboxylic acids is 1. The van der Waals surface area contributed by atoms with Crippen molar-refractivity contribution in [3.8, 4) is 0 Å². The number of hydrogen-bond donors (Lipinski definition) is 2. The number of nitrogens with one attached hydrogen (secondary N) is 1. The summed E-state index contributed by atoms with van der Waals surface area (Å²) in [5, 5.41) is 13.5. The second-order valence-electron chi connectivity index (χ2n) is 4.34. The molecule has 17 heavy (non-hydrogen) atoms. The van der Waals surface area contributed by atoms with Gasteiger partial charge >= 0.3 is 5.97 Å². The van der Waals surface area contributed by atoms with Gasteiger partial charge in [-0.05, 0) is 30.7 Å². The van der Waals surface area contributed by atoms with Crippen molar-refractivity contribution in [3.63, 3.8) is 0 Å². The van der Waals surface area contributed by atoms with E-state index in [1.165, 1.54) is 0 Å². The van der Waals surface area contributed by atoms with Gasteiger partial charge in [-0.25, -0.2) is 4.79 Å². The minimum atomic E-state index is -0.849. The number of hydrogen-bond acceptors (Lipinski definition) is 3. The zero-order valence-corrected chi connectivity index (χ0v) is 11.0. The van der Waals surface area contributed by atoms with E-state index in [9.17, 15) is 9.90 Å². The molecule has 1 fully saturated rings. The lowest BCUT2D eigenvalue weighted by atomic mass is 9.96. The van der Waals surface area contributed by atoms with Crippen LogP contribution in [0.25, 0.3) is 0 Å². The van der Waals surface area contributed by atoms with Crippen LogP contribution in [0.15, 0.2) is 24.3 Å².